The summed E-state index contributed by atoms with van der Waals surface area (Å²) < 4.78 is 0. The number of aryl methyl sites for hydroxylation is 2. The Hall–Kier alpha value is -4.24. The molecule has 1 aliphatic carbocycles. The first kappa shape index (κ1) is 29.2. The first-order chi connectivity index (χ1) is 22.2. The van der Waals surface area contributed by atoms with Gasteiger partial charge in [0, 0.05) is 34.1 Å². The van der Waals surface area contributed by atoms with Crippen molar-refractivity contribution in [1.29, 1.82) is 0 Å². The SMILES string of the molecule is CCCCc1ccc(N2c3ccc(C)cc3B3c4ccccc4N(c4ccc5c(c4)C(C)(C)CCC5(C)C)c4cccc2c43)cc1. The van der Waals surface area contributed by atoms with Crippen LogP contribution in [0.5, 0.6) is 0 Å². The van der Waals surface area contributed by atoms with Gasteiger partial charge in [0.25, 0.3) is 6.71 Å². The molecule has 0 saturated heterocycles. The van der Waals surface area contributed by atoms with Crippen LogP contribution < -0.4 is 26.2 Å². The second-order valence-electron chi connectivity index (χ2n) is 15.2. The van der Waals surface area contributed by atoms with E-state index in [4.69, 9.17) is 0 Å². The van der Waals surface area contributed by atoms with Crippen molar-refractivity contribution in [1.82, 2.24) is 0 Å². The molecule has 0 radical (unpaired) electrons. The quantitative estimate of drug-likeness (QED) is 0.182. The van der Waals surface area contributed by atoms with Gasteiger partial charge < -0.3 is 9.80 Å². The zero-order valence-electron chi connectivity index (χ0n) is 28.3. The van der Waals surface area contributed by atoms with E-state index in [2.05, 4.69) is 154 Å². The maximum Gasteiger partial charge on any atom is 0.252 e. The standard InChI is InChI=1S/C43H45BN2/c1-7-8-12-30-18-20-31(21-19-30)45-38-24-17-29(2)27-36(38)44-35-13-9-10-14-37(35)46(40-16-11-15-39(45)41(40)44)32-22-23-33-34(28-32)43(5,6)26-25-42(33,3)4/h9-11,13-24,27-28H,7-8,12,25-26H2,1-6H3. The molecule has 230 valence electrons. The lowest BCUT2D eigenvalue weighted by atomic mass is 9.33. The average molecular weight is 601 g/mol. The van der Waals surface area contributed by atoms with Gasteiger partial charge in [-0.1, -0.05) is 101 Å². The monoisotopic (exact) mass is 600 g/mol. The van der Waals surface area contributed by atoms with Crippen LogP contribution in [0.1, 0.15) is 82.6 Å². The molecule has 3 heteroatoms. The predicted octanol–water partition coefficient (Wildman–Crippen LogP) is 9.77. The average Bonchev–Trinajstić information content (AvgIpc) is 3.06. The molecule has 0 atom stereocenters. The molecule has 8 rings (SSSR count). The van der Waals surface area contributed by atoms with Crippen molar-refractivity contribution in [2.45, 2.75) is 84.5 Å². The lowest BCUT2D eigenvalue weighted by Gasteiger charge is -2.45. The molecule has 0 N–H and O–H groups in total. The van der Waals surface area contributed by atoms with Crippen molar-refractivity contribution in [3.63, 3.8) is 0 Å². The van der Waals surface area contributed by atoms with E-state index in [-0.39, 0.29) is 17.5 Å². The van der Waals surface area contributed by atoms with Gasteiger partial charge >= 0.3 is 0 Å². The summed E-state index contributed by atoms with van der Waals surface area (Å²) in [6, 6.07) is 39.8. The van der Waals surface area contributed by atoms with Crippen molar-refractivity contribution in [2.75, 3.05) is 9.80 Å². The fourth-order valence-electron chi connectivity index (χ4n) is 8.47. The molecule has 2 aliphatic heterocycles. The van der Waals surface area contributed by atoms with E-state index in [1.807, 2.05) is 0 Å². The largest absolute Gasteiger partial charge is 0.311 e. The molecule has 0 spiro atoms. The minimum atomic E-state index is 0.144. The molecule has 0 amide bonds. The molecule has 0 unspecified atom stereocenters. The number of fused-ring (bicyclic) bond motifs is 5. The zero-order chi connectivity index (χ0) is 31.8. The third-order valence-corrected chi connectivity index (χ3v) is 11.2. The van der Waals surface area contributed by atoms with Crippen molar-refractivity contribution in [3.8, 4) is 0 Å². The number of para-hydroxylation sites is 1. The maximum absolute atomic E-state index is 2.55. The van der Waals surface area contributed by atoms with Crippen molar-refractivity contribution < 1.29 is 0 Å². The van der Waals surface area contributed by atoms with Crippen LogP contribution in [0, 0.1) is 6.92 Å². The number of unbranched alkanes of at least 4 members (excludes halogenated alkanes) is 1. The highest BCUT2D eigenvalue weighted by Gasteiger charge is 2.44. The Morgan fingerprint density at radius 1 is 0.609 bits per heavy atom. The number of benzene rings is 5. The van der Waals surface area contributed by atoms with Crippen molar-refractivity contribution in [2.24, 2.45) is 0 Å². The number of hydrogen-bond acceptors (Lipinski definition) is 2. The van der Waals surface area contributed by atoms with E-state index in [1.54, 1.807) is 0 Å². The Morgan fingerprint density at radius 3 is 1.98 bits per heavy atom. The summed E-state index contributed by atoms with van der Waals surface area (Å²) in [7, 11) is 0. The molecule has 5 aromatic rings. The van der Waals surface area contributed by atoms with Crippen LogP contribution in [0.25, 0.3) is 0 Å². The van der Waals surface area contributed by atoms with E-state index in [1.165, 1.54) is 98.4 Å². The number of anilines is 6. The van der Waals surface area contributed by atoms with Gasteiger partial charge in [0.15, 0.2) is 0 Å². The fraction of sp³-hybridized carbons (Fsp3) is 0.302. The smallest absolute Gasteiger partial charge is 0.252 e. The van der Waals surface area contributed by atoms with Gasteiger partial charge in [-0.2, -0.15) is 0 Å². The molecule has 2 heterocycles. The second-order valence-corrected chi connectivity index (χ2v) is 15.2. The molecular formula is C43H45BN2. The summed E-state index contributed by atoms with van der Waals surface area (Å²) in [6.45, 7) is 14.4. The Bertz CT molecular complexity index is 1970. The van der Waals surface area contributed by atoms with E-state index in [0.29, 0.717) is 0 Å². The minimum absolute atomic E-state index is 0.144. The summed E-state index contributed by atoms with van der Waals surface area (Å²) in [5, 5.41) is 0. The lowest BCUT2D eigenvalue weighted by Crippen LogP contribution is -2.61. The molecular weight excluding hydrogens is 555 g/mol. The molecule has 0 aromatic heterocycles. The van der Waals surface area contributed by atoms with E-state index in [0.717, 1.165) is 6.42 Å². The maximum atomic E-state index is 2.55. The van der Waals surface area contributed by atoms with Gasteiger partial charge in [-0.25, -0.2) is 0 Å². The van der Waals surface area contributed by atoms with Crippen LogP contribution in [0.15, 0.2) is 103 Å². The molecule has 0 fully saturated rings. The molecule has 5 aromatic carbocycles. The van der Waals surface area contributed by atoms with Crippen LogP contribution in [0.2, 0.25) is 0 Å². The molecule has 3 aliphatic rings. The van der Waals surface area contributed by atoms with Crippen LogP contribution in [-0.2, 0) is 17.3 Å². The normalized spacial score (nSPS) is 16.8. The van der Waals surface area contributed by atoms with Crippen molar-refractivity contribution >= 4 is 57.2 Å². The minimum Gasteiger partial charge on any atom is -0.311 e. The third kappa shape index (κ3) is 4.46. The summed E-state index contributed by atoms with van der Waals surface area (Å²) in [6.07, 6.45) is 6.01. The first-order valence-corrected chi connectivity index (χ1v) is 17.3. The van der Waals surface area contributed by atoms with Gasteiger partial charge in [0.2, 0.25) is 0 Å². The highest BCUT2D eigenvalue weighted by molar-refractivity contribution is 7.00. The van der Waals surface area contributed by atoms with Crippen LogP contribution in [-0.4, -0.2) is 6.71 Å². The summed E-state index contributed by atoms with van der Waals surface area (Å²) >= 11 is 0. The molecule has 0 bridgehead atoms. The predicted molar refractivity (Wildman–Crippen MR) is 199 cm³/mol. The highest BCUT2D eigenvalue weighted by atomic mass is 15.2. The highest BCUT2D eigenvalue weighted by Crippen LogP contribution is 2.49. The third-order valence-electron chi connectivity index (χ3n) is 11.2. The van der Waals surface area contributed by atoms with Crippen molar-refractivity contribution in [3.05, 3.63) is 125 Å². The number of nitrogens with zero attached hydrogens (tertiary/aromatic N) is 2. The van der Waals surface area contributed by atoms with E-state index in [9.17, 15) is 0 Å². The summed E-state index contributed by atoms with van der Waals surface area (Å²) in [5.41, 5.74) is 17.8. The summed E-state index contributed by atoms with van der Waals surface area (Å²) in [5.74, 6) is 0. The lowest BCUT2D eigenvalue weighted by molar-refractivity contribution is 0.332. The Morgan fingerprint density at radius 2 is 1.24 bits per heavy atom. The first-order valence-electron chi connectivity index (χ1n) is 17.3. The van der Waals surface area contributed by atoms with Gasteiger partial charge in [0.1, 0.15) is 0 Å². The fourth-order valence-corrected chi connectivity index (χ4v) is 8.47. The van der Waals surface area contributed by atoms with E-state index >= 15 is 0 Å². The van der Waals surface area contributed by atoms with Crippen LogP contribution in [0.4, 0.5) is 34.1 Å². The second kappa shape index (κ2) is 10.7. The van der Waals surface area contributed by atoms with E-state index < -0.39 is 0 Å². The zero-order valence-corrected chi connectivity index (χ0v) is 28.3. The van der Waals surface area contributed by atoms with Gasteiger partial charge in [0.05, 0.1) is 0 Å². The molecule has 0 saturated carbocycles. The molecule has 2 nitrogen and oxygen atoms in total. The van der Waals surface area contributed by atoms with Crippen LogP contribution in [0.3, 0.4) is 0 Å². The number of hydrogen-bond donors (Lipinski definition) is 0. The van der Waals surface area contributed by atoms with Gasteiger partial charge in [-0.05, 0) is 125 Å². The van der Waals surface area contributed by atoms with Crippen LogP contribution >= 0.6 is 0 Å². The number of rotatable bonds is 5. The van der Waals surface area contributed by atoms with Gasteiger partial charge in [-0.3, -0.25) is 0 Å². The topological polar surface area (TPSA) is 6.48 Å². The Balaban J connectivity index is 1.36. The Kier molecular flexibility index (Phi) is 6.76. The van der Waals surface area contributed by atoms with Gasteiger partial charge in [-0.15, -0.1) is 0 Å². The molecule has 46 heavy (non-hydrogen) atoms. The Labute approximate surface area is 276 Å². The summed E-state index contributed by atoms with van der Waals surface area (Å²) in [4.78, 5) is 5.06.